The quantitative estimate of drug-likeness (QED) is 0.236. The molecule has 0 fully saturated rings. The van der Waals surface area contributed by atoms with Crippen molar-refractivity contribution in [1.29, 1.82) is 0 Å². The van der Waals surface area contributed by atoms with Crippen molar-refractivity contribution >= 4 is 39.2 Å². The van der Waals surface area contributed by atoms with Gasteiger partial charge < -0.3 is 14.0 Å². The number of non-ortho nitro benzene ring substituents is 1. The first-order chi connectivity index (χ1) is 14.5. The van der Waals surface area contributed by atoms with Gasteiger partial charge in [-0.25, -0.2) is 0 Å². The van der Waals surface area contributed by atoms with Gasteiger partial charge in [-0.1, -0.05) is 29.5 Å². The van der Waals surface area contributed by atoms with Crippen molar-refractivity contribution < 1.29 is 19.2 Å². The summed E-state index contributed by atoms with van der Waals surface area (Å²) in [7, 11) is 1.60. The van der Waals surface area contributed by atoms with E-state index in [1.54, 1.807) is 19.2 Å². The second-order valence-electron chi connectivity index (χ2n) is 6.18. The molecule has 9 heteroatoms. The smallest absolute Gasteiger partial charge is 0.272 e. The molecule has 0 saturated carbocycles. The standard InChI is InChI=1S/C21H21N3O5S/c1-3-29-13-12-23-20-17(28-2)8-5-9-18(20)30-21(23)22-19(25)11-10-15-6-4-7-16(14-15)24(26)27/h4-11,14H,3,12-13H2,1-2H3. The van der Waals surface area contributed by atoms with Crippen LogP contribution in [0.3, 0.4) is 0 Å². The Balaban J connectivity index is 1.96. The Morgan fingerprint density at radius 3 is 2.83 bits per heavy atom. The Hall–Kier alpha value is -3.30. The highest BCUT2D eigenvalue weighted by Gasteiger charge is 2.12. The molecule has 0 aliphatic rings. The molecule has 1 heterocycles. The number of carbonyl (C=O) groups is 1. The molecular formula is C21H21N3O5S. The first-order valence-corrected chi connectivity index (χ1v) is 10.1. The Morgan fingerprint density at radius 2 is 2.10 bits per heavy atom. The number of hydrogen-bond acceptors (Lipinski definition) is 6. The number of nitrogens with zero attached hydrogens (tertiary/aromatic N) is 3. The van der Waals surface area contributed by atoms with E-state index in [2.05, 4.69) is 4.99 Å². The number of benzene rings is 2. The molecule has 0 saturated heterocycles. The van der Waals surface area contributed by atoms with Crippen LogP contribution < -0.4 is 9.54 Å². The van der Waals surface area contributed by atoms with Crippen LogP contribution >= 0.6 is 11.3 Å². The summed E-state index contributed by atoms with van der Waals surface area (Å²) in [6.45, 7) is 3.52. The molecule has 0 bridgehead atoms. The fourth-order valence-electron chi connectivity index (χ4n) is 2.90. The number of nitro groups is 1. The molecule has 8 nitrogen and oxygen atoms in total. The third-order valence-electron chi connectivity index (χ3n) is 4.25. The minimum atomic E-state index is -0.477. The number of aromatic nitrogens is 1. The number of rotatable bonds is 8. The maximum Gasteiger partial charge on any atom is 0.272 e. The lowest BCUT2D eigenvalue weighted by atomic mass is 10.2. The predicted octanol–water partition coefficient (Wildman–Crippen LogP) is 3.80. The van der Waals surface area contributed by atoms with Gasteiger partial charge in [-0.2, -0.15) is 4.99 Å². The molecule has 0 spiro atoms. The average Bonchev–Trinajstić information content (AvgIpc) is 3.09. The van der Waals surface area contributed by atoms with Gasteiger partial charge in [0.05, 0.1) is 23.3 Å². The lowest BCUT2D eigenvalue weighted by Crippen LogP contribution is -2.19. The van der Waals surface area contributed by atoms with Crippen molar-refractivity contribution in [1.82, 2.24) is 4.57 Å². The average molecular weight is 427 g/mol. The van der Waals surface area contributed by atoms with E-state index < -0.39 is 10.8 Å². The molecule has 0 unspecified atom stereocenters. The molecule has 2 aromatic carbocycles. The number of methoxy groups -OCH3 is 1. The van der Waals surface area contributed by atoms with Crippen LogP contribution in [0.25, 0.3) is 16.3 Å². The van der Waals surface area contributed by atoms with Crippen LogP contribution in [0.1, 0.15) is 12.5 Å². The van der Waals surface area contributed by atoms with Crippen molar-refractivity contribution in [3.63, 3.8) is 0 Å². The normalized spacial score (nSPS) is 12.0. The van der Waals surface area contributed by atoms with E-state index in [4.69, 9.17) is 9.47 Å². The maximum absolute atomic E-state index is 12.5. The van der Waals surface area contributed by atoms with Gasteiger partial charge >= 0.3 is 0 Å². The second kappa shape index (κ2) is 9.95. The van der Waals surface area contributed by atoms with Crippen molar-refractivity contribution in [2.24, 2.45) is 4.99 Å². The molecule has 1 amide bonds. The van der Waals surface area contributed by atoms with Crippen molar-refractivity contribution in [3.8, 4) is 5.75 Å². The minimum absolute atomic E-state index is 0.0353. The van der Waals surface area contributed by atoms with Crippen LogP contribution in [0.5, 0.6) is 5.75 Å². The fraction of sp³-hybridized carbons (Fsp3) is 0.238. The molecular weight excluding hydrogens is 406 g/mol. The van der Waals surface area contributed by atoms with Gasteiger partial charge in [0.2, 0.25) is 0 Å². The first kappa shape index (κ1) is 21.4. The zero-order valence-corrected chi connectivity index (χ0v) is 17.4. The zero-order chi connectivity index (χ0) is 21.5. The number of thiazole rings is 1. The summed E-state index contributed by atoms with van der Waals surface area (Å²) in [5.41, 5.74) is 1.38. The zero-order valence-electron chi connectivity index (χ0n) is 16.6. The Kier molecular flexibility index (Phi) is 7.10. The highest BCUT2D eigenvalue weighted by atomic mass is 32.1. The summed E-state index contributed by atoms with van der Waals surface area (Å²) in [4.78, 5) is 27.6. The third-order valence-corrected chi connectivity index (χ3v) is 5.30. The number of carbonyl (C=O) groups excluding carboxylic acids is 1. The molecule has 156 valence electrons. The number of amides is 1. The topological polar surface area (TPSA) is 96.0 Å². The second-order valence-corrected chi connectivity index (χ2v) is 7.18. The van der Waals surface area contributed by atoms with Gasteiger partial charge in [-0.3, -0.25) is 14.9 Å². The van der Waals surface area contributed by atoms with Crippen LogP contribution in [0.4, 0.5) is 5.69 Å². The highest BCUT2D eigenvalue weighted by Crippen LogP contribution is 2.27. The minimum Gasteiger partial charge on any atom is -0.495 e. The molecule has 0 atom stereocenters. The van der Waals surface area contributed by atoms with Gasteiger partial charge in [-0.05, 0) is 30.7 Å². The van der Waals surface area contributed by atoms with Gasteiger partial charge in [0.15, 0.2) is 4.80 Å². The molecule has 30 heavy (non-hydrogen) atoms. The van der Waals surface area contributed by atoms with Gasteiger partial charge in [0.25, 0.3) is 11.6 Å². The monoisotopic (exact) mass is 427 g/mol. The Morgan fingerprint density at radius 1 is 1.30 bits per heavy atom. The summed E-state index contributed by atoms with van der Waals surface area (Å²) in [6.07, 6.45) is 2.81. The summed E-state index contributed by atoms with van der Waals surface area (Å²) >= 11 is 1.38. The number of fused-ring (bicyclic) bond motifs is 1. The molecule has 3 aromatic rings. The van der Waals surface area contributed by atoms with Crippen LogP contribution in [0.15, 0.2) is 53.5 Å². The van der Waals surface area contributed by atoms with Crippen LogP contribution in [0, 0.1) is 10.1 Å². The van der Waals surface area contributed by atoms with Crippen LogP contribution in [-0.2, 0) is 16.1 Å². The Labute approximate surface area is 176 Å². The van der Waals surface area contributed by atoms with E-state index in [0.717, 1.165) is 10.2 Å². The van der Waals surface area contributed by atoms with E-state index in [-0.39, 0.29) is 5.69 Å². The largest absolute Gasteiger partial charge is 0.495 e. The van der Waals surface area contributed by atoms with Crippen LogP contribution in [0.2, 0.25) is 0 Å². The molecule has 0 aliphatic carbocycles. The number of nitro benzene ring substituents is 1. The van der Waals surface area contributed by atoms with E-state index in [0.29, 0.717) is 35.9 Å². The summed E-state index contributed by atoms with van der Waals surface area (Å²) in [6, 6.07) is 11.7. The lowest BCUT2D eigenvalue weighted by Gasteiger charge is -2.08. The van der Waals surface area contributed by atoms with E-state index in [1.807, 2.05) is 29.7 Å². The summed E-state index contributed by atoms with van der Waals surface area (Å²) in [5.74, 6) is 0.235. The number of para-hydroxylation sites is 1. The maximum atomic E-state index is 12.5. The van der Waals surface area contributed by atoms with Gasteiger partial charge in [-0.15, -0.1) is 0 Å². The summed E-state index contributed by atoms with van der Waals surface area (Å²) in [5, 5.41) is 10.9. The molecule has 1 aromatic heterocycles. The molecule has 0 radical (unpaired) electrons. The lowest BCUT2D eigenvalue weighted by molar-refractivity contribution is -0.384. The Bertz CT molecular complexity index is 1160. The first-order valence-electron chi connectivity index (χ1n) is 9.28. The van der Waals surface area contributed by atoms with Crippen molar-refractivity contribution in [2.45, 2.75) is 13.5 Å². The highest BCUT2D eigenvalue weighted by molar-refractivity contribution is 7.16. The van der Waals surface area contributed by atoms with Gasteiger partial charge in [0.1, 0.15) is 11.3 Å². The SMILES string of the molecule is CCOCCn1c(=NC(=O)C=Cc2cccc([N+](=O)[O-])c2)sc2cccc(OC)c21. The molecule has 0 aliphatic heterocycles. The number of hydrogen-bond donors (Lipinski definition) is 0. The van der Waals surface area contributed by atoms with E-state index in [9.17, 15) is 14.9 Å². The van der Waals surface area contributed by atoms with E-state index >= 15 is 0 Å². The van der Waals surface area contributed by atoms with Crippen LogP contribution in [-0.4, -0.2) is 35.7 Å². The predicted molar refractivity (Wildman–Crippen MR) is 116 cm³/mol. The molecule has 3 rings (SSSR count). The third kappa shape index (κ3) is 5.00. The van der Waals surface area contributed by atoms with Gasteiger partial charge in [0, 0.05) is 31.4 Å². The summed E-state index contributed by atoms with van der Waals surface area (Å²) < 4.78 is 13.8. The number of ether oxygens (including phenoxy) is 2. The molecule has 0 N–H and O–H groups in total. The fourth-order valence-corrected chi connectivity index (χ4v) is 3.98. The van der Waals surface area contributed by atoms with E-state index in [1.165, 1.54) is 35.6 Å². The van der Waals surface area contributed by atoms with Crippen molar-refractivity contribution in [2.75, 3.05) is 20.3 Å². The van der Waals surface area contributed by atoms with Crippen molar-refractivity contribution in [3.05, 3.63) is 69.0 Å².